The van der Waals surface area contributed by atoms with Crippen LogP contribution in [0.25, 0.3) is 0 Å². The summed E-state index contributed by atoms with van der Waals surface area (Å²) >= 11 is 0. The topological polar surface area (TPSA) is 96.4 Å². The van der Waals surface area contributed by atoms with Crippen molar-refractivity contribution in [2.45, 2.75) is 29.2 Å². The molecule has 178 valence electrons. The number of alkyl halides is 3. The minimum Gasteiger partial charge on any atom is -0.406 e. The lowest BCUT2D eigenvalue weighted by molar-refractivity contribution is -0.274. The molecule has 0 bridgehead atoms. The van der Waals surface area contributed by atoms with Gasteiger partial charge in [0.1, 0.15) is 21.5 Å². The normalized spacial score (nSPS) is 16.2. The third-order valence-corrected chi connectivity index (χ3v) is 6.44. The number of nitrogens with zero attached hydrogens (tertiary/aromatic N) is 2. The Balaban J connectivity index is 0.000000442. The van der Waals surface area contributed by atoms with Crippen molar-refractivity contribution < 1.29 is 35.5 Å². The fourth-order valence-corrected chi connectivity index (χ4v) is 4.72. The van der Waals surface area contributed by atoms with Gasteiger partial charge in [-0.3, -0.25) is 4.98 Å². The Labute approximate surface area is 187 Å². The van der Waals surface area contributed by atoms with Crippen LogP contribution in [0.4, 0.5) is 23.2 Å². The molecule has 2 N–H and O–H groups in total. The first-order valence-electron chi connectivity index (χ1n) is 9.75. The van der Waals surface area contributed by atoms with Crippen molar-refractivity contribution in [3.8, 4) is 5.75 Å². The Kier molecular flexibility index (Phi) is 7.59. The van der Waals surface area contributed by atoms with Crippen molar-refractivity contribution in [1.29, 1.82) is 0 Å². The zero-order chi connectivity index (χ0) is 24.1. The first kappa shape index (κ1) is 24.5. The molecule has 1 atom stereocenters. The van der Waals surface area contributed by atoms with E-state index in [1.807, 2.05) is 18.2 Å². The summed E-state index contributed by atoms with van der Waals surface area (Å²) in [6, 6.07) is 8.75. The highest BCUT2D eigenvalue weighted by Gasteiger charge is 2.33. The molecule has 0 saturated carbocycles. The maximum absolute atomic E-state index is 14.3. The largest absolute Gasteiger partial charge is 0.573 e. The van der Waals surface area contributed by atoms with E-state index in [9.17, 15) is 26.0 Å². The number of aromatic nitrogens is 2. The molecule has 1 saturated heterocycles. The summed E-state index contributed by atoms with van der Waals surface area (Å²) in [5.41, 5.74) is 5.88. The van der Waals surface area contributed by atoms with Crippen molar-refractivity contribution in [2.75, 3.05) is 18.9 Å². The second kappa shape index (κ2) is 10.2. The van der Waals surface area contributed by atoms with E-state index in [1.165, 1.54) is 16.8 Å². The Morgan fingerprint density at radius 2 is 1.91 bits per heavy atom. The van der Waals surface area contributed by atoms with Gasteiger partial charge in [0.2, 0.25) is 9.84 Å². The number of hydrogen-bond donors (Lipinski definition) is 1. The number of anilines is 1. The van der Waals surface area contributed by atoms with Crippen LogP contribution in [0.3, 0.4) is 0 Å². The summed E-state index contributed by atoms with van der Waals surface area (Å²) in [6.07, 6.45) is 0.652. The average Bonchev–Trinajstić information content (AvgIpc) is 3.38. The van der Waals surface area contributed by atoms with Crippen LogP contribution in [0.5, 0.6) is 5.75 Å². The van der Waals surface area contributed by atoms with E-state index in [0.717, 1.165) is 18.6 Å². The lowest BCUT2D eigenvalue weighted by atomic mass is 10.1. The molecule has 0 amide bonds. The van der Waals surface area contributed by atoms with Crippen LogP contribution in [0.2, 0.25) is 0 Å². The van der Waals surface area contributed by atoms with Crippen molar-refractivity contribution in [1.82, 2.24) is 9.55 Å². The molecule has 1 aliphatic heterocycles. The van der Waals surface area contributed by atoms with E-state index < -0.39 is 32.7 Å². The van der Waals surface area contributed by atoms with Gasteiger partial charge in [0.25, 0.3) is 0 Å². The summed E-state index contributed by atoms with van der Waals surface area (Å²) in [4.78, 5) is 3.02. The number of benzene rings is 1. The summed E-state index contributed by atoms with van der Waals surface area (Å²) in [6.45, 7) is 1.34. The predicted molar refractivity (Wildman–Crippen MR) is 111 cm³/mol. The number of ether oxygens (including phenoxy) is 2. The summed E-state index contributed by atoms with van der Waals surface area (Å²) < 4.78 is 86.9. The number of pyridine rings is 1. The van der Waals surface area contributed by atoms with Crippen LogP contribution in [-0.2, 0) is 21.1 Å². The fourth-order valence-electron chi connectivity index (χ4n) is 3.21. The van der Waals surface area contributed by atoms with E-state index in [2.05, 4.69) is 9.72 Å². The molecule has 1 aromatic carbocycles. The van der Waals surface area contributed by atoms with Gasteiger partial charge in [-0.1, -0.05) is 6.07 Å². The average molecular weight is 487 g/mol. The molecule has 7 nitrogen and oxygen atoms in total. The van der Waals surface area contributed by atoms with Crippen LogP contribution < -0.4 is 10.5 Å². The van der Waals surface area contributed by atoms with Crippen molar-refractivity contribution in [3.63, 3.8) is 0 Å². The Bertz CT molecular complexity index is 1140. The number of sulfone groups is 1. The first-order valence-corrected chi connectivity index (χ1v) is 11.2. The van der Waals surface area contributed by atoms with Gasteiger partial charge < -0.3 is 19.8 Å². The third-order valence-electron chi connectivity index (χ3n) is 4.63. The molecule has 2 aromatic heterocycles. The number of rotatable bonds is 5. The Hall–Kier alpha value is -3.12. The zero-order valence-electron chi connectivity index (χ0n) is 17.2. The lowest BCUT2D eigenvalue weighted by Crippen LogP contribution is -2.18. The minimum absolute atomic E-state index is 0.0816. The predicted octanol–water partition coefficient (Wildman–Crippen LogP) is 4.06. The van der Waals surface area contributed by atoms with Crippen LogP contribution in [0.1, 0.15) is 6.42 Å². The standard InChI is InChI=1S/C16H16F4N2O4S.C5H5N/c17-13-6-12(26-16(18,19)20)1-2-14(13)27(23,24)15-5-11(21)8-22(15)7-10-3-4-25-9-10;1-2-4-6-5-3-1/h1-2,5-6,8,10H,3-4,7,9,21H2;1-5H/t10-;/m0./s1. The second-order valence-corrected chi connectivity index (χ2v) is 9.03. The van der Waals surface area contributed by atoms with E-state index in [1.54, 1.807) is 12.4 Å². The zero-order valence-corrected chi connectivity index (χ0v) is 18.0. The Morgan fingerprint density at radius 3 is 2.42 bits per heavy atom. The van der Waals surface area contributed by atoms with Gasteiger partial charge in [0.05, 0.1) is 12.3 Å². The molecule has 1 fully saturated rings. The van der Waals surface area contributed by atoms with Gasteiger partial charge in [-0.05, 0) is 36.8 Å². The molecule has 4 rings (SSSR count). The van der Waals surface area contributed by atoms with Gasteiger partial charge in [0, 0.05) is 43.7 Å². The summed E-state index contributed by atoms with van der Waals surface area (Å²) in [5.74, 6) is -2.12. The third kappa shape index (κ3) is 6.68. The van der Waals surface area contributed by atoms with Crippen molar-refractivity contribution in [3.05, 3.63) is 66.9 Å². The highest BCUT2D eigenvalue weighted by atomic mass is 32.2. The number of hydrogen-bond acceptors (Lipinski definition) is 6. The number of nitrogens with two attached hydrogens (primary N) is 1. The minimum atomic E-state index is -5.01. The molecule has 0 radical (unpaired) electrons. The van der Waals surface area contributed by atoms with Gasteiger partial charge in [-0.2, -0.15) is 0 Å². The highest BCUT2D eigenvalue weighted by molar-refractivity contribution is 7.91. The van der Waals surface area contributed by atoms with Gasteiger partial charge >= 0.3 is 6.36 Å². The molecular formula is C21H21F4N3O4S. The van der Waals surface area contributed by atoms with Gasteiger partial charge in [-0.15, -0.1) is 13.2 Å². The van der Waals surface area contributed by atoms with Crippen LogP contribution >= 0.6 is 0 Å². The number of halogens is 4. The van der Waals surface area contributed by atoms with E-state index in [0.29, 0.717) is 25.8 Å². The molecule has 0 unspecified atom stereocenters. The maximum Gasteiger partial charge on any atom is 0.573 e. The first-order chi connectivity index (χ1) is 15.6. The monoisotopic (exact) mass is 487 g/mol. The molecular weight excluding hydrogens is 466 g/mol. The van der Waals surface area contributed by atoms with E-state index in [4.69, 9.17) is 10.5 Å². The number of nitrogen functional groups attached to an aromatic ring is 1. The van der Waals surface area contributed by atoms with Gasteiger partial charge in [0.15, 0.2) is 0 Å². The van der Waals surface area contributed by atoms with Crippen molar-refractivity contribution in [2.24, 2.45) is 5.92 Å². The smallest absolute Gasteiger partial charge is 0.406 e. The van der Waals surface area contributed by atoms with E-state index in [-0.39, 0.29) is 16.6 Å². The second-order valence-electron chi connectivity index (χ2n) is 7.16. The summed E-state index contributed by atoms with van der Waals surface area (Å²) in [5, 5.41) is -0.240. The molecule has 1 aliphatic rings. The molecule has 0 spiro atoms. The fraction of sp³-hybridized carbons (Fsp3) is 0.286. The SMILES string of the molecule is Nc1cc(S(=O)(=O)c2ccc(OC(F)(F)F)cc2F)n(C[C@@H]2CCOC2)c1.c1ccncc1. The molecule has 33 heavy (non-hydrogen) atoms. The lowest BCUT2D eigenvalue weighted by Gasteiger charge is -2.14. The molecule has 12 heteroatoms. The van der Waals surface area contributed by atoms with Crippen molar-refractivity contribution >= 4 is 15.5 Å². The van der Waals surface area contributed by atoms with Crippen LogP contribution in [0.15, 0.2) is 71.0 Å². The van der Waals surface area contributed by atoms with Crippen LogP contribution in [0, 0.1) is 11.7 Å². The molecule has 3 heterocycles. The van der Waals surface area contributed by atoms with Crippen LogP contribution in [-0.4, -0.2) is 37.5 Å². The molecule has 0 aliphatic carbocycles. The Morgan fingerprint density at radius 1 is 1.18 bits per heavy atom. The van der Waals surface area contributed by atoms with E-state index >= 15 is 0 Å². The highest BCUT2D eigenvalue weighted by Crippen LogP contribution is 2.31. The van der Waals surface area contributed by atoms with Gasteiger partial charge in [-0.25, -0.2) is 12.8 Å². The maximum atomic E-state index is 14.3. The quantitative estimate of drug-likeness (QED) is 0.546. The summed E-state index contributed by atoms with van der Waals surface area (Å²) in [7, 11) is -4.35. The molecule has 3 aromatic rings.